The number of ether oxygens (including phenoxy) is 1. The van der Waals surface area contributed by atoms with Crippen molar-refractivity contribution in [1.29, 1.82) is 0 Å². The maximum atomic E-state index is 12.7. The molecule has 1 aromatic rings. The molecule has 0 N–H and O–H groups in total. The molecule has 7 heteroatoms. The number of fused-ring (bicyclic) bond motifs is 1. The summed E-state index contributed by atoms with van der Waals surface area (Å²) in [6.07, 6.45) is 0. The average Bonchev–Trinajstić information content (AvgIpc) is 2.73. The smallest absolute Gasteiger partial charge is 0.269 e. The van der Waals surface area contributed by atoms with Crippen LogP contribution in [-0.2, 0) is 14.8 Å². The van der Waals surface area contributed by atoms with Crippen LogP contribution < -0.4 is 0 Å². The Morgan fingerprint density at radius 2 is 1.83 bits per heavy atom. The summed E-state index contributed by atoms with van der Waals surface area (Å²) in [4.78, 5) is 14.9. The molecule has 126 valence electrons. The molecular formula is C16H22N2O4S. The van der Waals surface area contributed by atoms with E-state index in [1.165, 1.54) is 6.07 Å². The largest absolute Gasteiger partial charge is 0.379 e. The van der Waals surface area contributed by atoms with Crippen LogP contribution in [0.3, 0.4) is 0 Å². The fourth-order valence-corrected chi connectivity index (χ4v) is 4.83. The minimum Gasteiger partial charge on any atom is -0.379 e. The summed E-state index contributed by atoms with van der Waals surface area (Å²) in [5.74, 6) is -0.181. The molecule has 2 aliphatic rings. The van der Waals surface area contributed by atoms with Crippen molar-refractivity contribution in [2.24, 2.45) is 5.92 Å². The number of hydrogen-bond acceptors (Lipinski definition) is 5. The van der Waals surface area contributed by atoms with Gasteiger partial charge in [-0.3, -0.25) is 9.69 Å². The van der Waals surface area contributed by atoms with Gasteiger partial charge in [-0.2, -0.15) is 0 Å². The number of amides is 1. The summed E-state index contributed by atoms with van der Waals surface area (Å²) in [7, 11) is -3.74. The zero-order valence-corrected chi connectivity index (χ0v) is 14.3. The van der Waals surface area contributed by atoms with E-state index in [0.717, 1.165) is 17.4 Å². The van der Waals surface area contributed by atoms with Crippen molar-refractivity contribution < 1.29 is 17.9 Å². The van der Waals surface area contributed by atoms with Gasteiger partial charge in [0.15, 0.2) is 0 Å². The molecule has 0 radical (unpaired) electrons. The highest BCUT2D eigenvalue weighted by molar-refractivity contribution is 7.90. The van der Waals surface area contributed by atoms with Crippen LogP contribution in [0.2, 0.25) is 0 Å². The van der Waals surface area contributed by atoms with Gasteiger partial charge in [-0.15, -0.1) is 0 Å². The van der Waals surface area contributed by atoms with Crippen LogP contribution in [0.15, 0.2) is 29.2 Å². The second kappa shape index (κ2) is 6.22. The van der Waals surface area contributed by atoms with Gasteiger partial charge < -0.3 is 4.74 Å². The topological polar surface area (TPSA) is 66.9 Å². The summed E-state index contributed by atoms with van der Waals surface area (Å²) in [5, 5.41) is 0. The Labute approximate surface area is 137 Å². The monoisotopic (exact) mass is 338 g/mol. The highest BCUT2D eigenvalue weighted by Gasteiger charge is 2.43. The van der Waals surface area contributed by atoms with Crippen LogP contribution in [-0.4, -0.2) is 62.4 Å². The molecule has 0 aliphatic carbocycles. The molecule has 3 rings (SSSR count). The first-order chi connectivity index (χ1) is 10.9. The second-order valence-electron chi connectivity index (χ2n) is 6.30. The Bertz CT molecular complexity index is 696. The molecular weight excluding hydrogens is 316 g/mol. The summed E-state index contributed by atoms with van der Waals surface area (Å²) < 4.78 is 31.8. The van der Waals surface area contributed by atoms with E-state index in [1.807, 2.05) is 0 Å². The zero-order valence-electron chi connectivity index (χ0n) is 13.4. The van der Waals surface area contributed by atoms with Crippen molar-refractivity contribution in [3.05, 3.63) is 29.8 Å². The van der Waals surface area contributed by atoms with E-state index in [4.69, 9.17) is 4.74 Å². The van der Waals surface area contributed by atoms with Crippen LogP contribution in [0, 0.1) is 5.92 Å². The molecule has 0 unspecified atom stereocenters. The van der Waals surface area contributed by atoms with Crippen LogP contribution in [0.4, 0.5) is 0 Å². The number of hydrogen-bond donors (Lipinski definition) is 0. The molecule has 6 nitrogen and oxygen atoms in total. The van der Waals surface area contributed by atoms with Crippen LogP contribution >= 0.6 is 0 Å². The predicted octanol–water partition coefficient (Wildman–Crippen LogP) is 1.19. The maximum absolute atomic E-state index is 12.7. The molecule has 1 atom stereocenters. The first-order valence-corrected chi connectivity index (χ1v) is 9.35. The minimum atomic E-state index is -3.74. The molecule has 1 amide bonds. The van der Waals surface area contributed by atoms with E-state index in [0.29, 0.717) is 13.2 Å². The van der Waals surface area contributed by atoms with Gasteiger partial charge in [0.1, 0.15) is 4.90 Å². The summed E-state index contributed by atoms with van der Waals surface area (Å²) in [6.45, 7) is 7.11. The predicted molar refractivity (Wildman–Crippen MR) is 85.7 cm³/mol. The first-order valence-electron chi connectivity index (χ1n) is 7.91. The van der Waals surface area contributed by atoms with E-state index < -0.39 is 15.9 Å². The third-order valence-corrected chi connectivity index (χ3v) is 6.36. The van der Waals surface area contributed by atoms with E-state index in [2.05, 4.69) is 18.7 Å². The minimum absolute atomic E-state index is 0.00747. The zero-order chi connectivity index (χ0) is 16.6. The molecule has 1 fully saturated rings. The Kier molecular flexibility index (Phi) is 4.44. The average molecular weight is 338 g/mol. The lowest BCUT2D eigenvalue weighted by atomic mass is 10.0. The van der Waals surface area contributed by atoms with Crippen molar-refractivity contribution in [1.82, 2.24) is 9.21 Å². The Balaban J connectivity index is 1.88. The van der Waals surface area contributed by atoms with Gasteiger partial charge in [-0.25, -0.2) is 12.7 Å². The van der Waals surface area contributed by atoms with Crippen LogP contribution in [0.5, 0.6) is 0 Å². The lowest BCUT2D eigenvalue weighted by Gasteiger charge is -2.38. The van der Waals surface area contributed by atoms with Gasteiger partial charge in [0, 0.05) is 19.1 Å². The van der Waals surface area contributed by atoms with Gasteiger partial charge >= 0.3 is 0 Å². The second-order valence-corrected chi connectivity index (χ2v) is 8.13. The number of rotatable bonds is 4. The SMILES string of the molecule is CC(C)[C@@H](CN1C(=O)c2ccccc2S1(=O)=O)N1CCOCC1. The molecule has 1 saturated heterocycles. The molecule has 0 aromatic heterocycles. The van der Waals surface area contributed by atoms with Gasteiger partial charge in [-0.1, -0.05) is 26.0 Å². The van der Waals surface area contributed by atoms with Gasteiger partial charge in [-0.05, 0) is 18.1 Å². The molecule has 1 aromatic carbocycles. The molecule has 0 saturated carbocycles. The van der Waals surface area contributed by atoms with Gasteiger partial charge in [0.25, 0.3) is 15.9 Å². The normalized spacial score (nSPS) is 22.4. The lowest BCUT2D eigenvalue weighted by molar-refractivity contribution is 0.00278. The lowest BCUT2D eigenvalue weighted by Crippen LogP contribution is -2.52. The first kappa shape index (κ1) is 16.4. The van der Waals surface area contributed by atoms with E-state index in [9.17, 15) is 13.2 Å². The van der Waals surface area contributed by atoms with Crippen LogP contribution in [0.1, 0.15) is 24.2 Å². The third kappa shape index (κ3) is 2.88. The Morgan fingerprint density at radius 3 is 2.43 bits per heavy atom. The molecule has 23 heavy (non-hydrogen) atoms. The van der Waals surface area contributed by atoms with Crippen LogP contribution in [0.25, 0.3) is 0 Å². The highest BCUT2D eigenvalue weighted by Crippen LogP contribution is 2.31. The van der Waals surface area contributed by atoms with Gasteiger partial charge in [0.2, 0.25) is 0 Å². The quantitative estimate of drug-likeness (QED) is 0.825. The number of morpholine rings is 1. The summed E-state index contributed by atoms with van der Waals surface area (Å²) in [5.41, 5.74) is 0.275. The molecule has 0 spiro atoms. The van der Waals surface area contributed by atoms with E-state index >= 15 is 0 Å². The fourth-order valence-electron chi connectivity index (χ4n) is 3.24. The number of nitrogens with zero attached hydrogens (tertiary/aromatic N) is 2. The number of carbonyl (C=O) groups is 1. The number of sulfonamides is 1. The summed E-state index contributed by atoms with van der Waals surface area (Å²) in [6, 6.07) is 6.41. The summed E-state index contributed by atoms with van der Waals surface area (Å²) >= 11 is 0. The van der Waals surface area contributed by atoms with E-state index in [-0.39, 0.29) is 29.0 Å². The number of carbonyl (C=O) groups excluding carboxylic acids is 1. The highest BCUT2D eigenvalue weighted by atomic mass is 32.2. The molecule has 2 heterocycles. The van der Waals surface area contributed by atoms with Crippen molar-refractivity contribution in [2.45, 2.75) is 24.8 Å². The Hall–Kier alpha value is -1.44. The van der Waals surface area contributed by atoms with Crippen molar-refractivity contribution in [2.75, 3.05) is 32.8 Å². The molecule has 0 bridgehead atoms. The fraction of sp³-hybridized carbons (Fsp3) is 0.562. The van der Waals surface area contributed by atoms with Crippen molar-refractivity contribution in [3.63, 3.8) is 0 Å². The van der Waals surface area contributed by atoms with Gasteiger partial charge in [0.05, 0.1) is 25.3 Å². The Morgan fingerprint density at radius 1 is 1.17 bits per heavy atom. The molecule has 2 aliphatic heterocycles. The van der Waals surface area contributed by atoms with Crippen molar-refractivity contribution >= 4 is 15.9 Å². The number of benzene rings is 1. The van der Waals surface area contributed by atoms with E-state index in [1.54, 1.807) is 18.2 Å². The van der Waals surface area contributed by atoms with Crippen molar-refractivity contribution in [3.8, 4) is 0 Å². The standard InChI is InChI=1S/C16H22N2O4S/c1-12(2)14(17-7-9-22-10-8-17)11-18-16(19)13-5-3-4-6-15(13)23(18,20)21/h3-6,12,14H,7-11H2,1-2H3/t14-/m1/s1. The maximum Gasteiger partial charge on any atom is 0.269 e. The third-order valence-electron chi connectivity index (χ3n) is 4.55.